The molecule has 0 spiro atoms. The van der Waals surface area contributed by atoms with Gasteiger partial charge in [-0.1, -0.05) is 62.7 Å². The van der Waals surface area contributed by atoms with E-state index in [9.17, 15) is 27.5 Å². The maximum Gasteiger partial charge on any atom is 0.408 e. The summed E-state index contributed by atoms with van der Waals surface area (Å²) in [4.78, 5) is 25.7. The highest BCUT2D eigenvalue weighted by atomic mass is 32.2. The molecule has 0 unspecified atom stereocenters. The number of rotatable bonds is 15. The van der Waals surface area contributed by atoms with Crippen LogP contribution in [0.2, 0.25) is 0 Å². The molecule has 0 aliphatic rings. The minimum Gasteiger partial charge on any atom is -0.444 e. The van der Waals surface area contributed by atoms with Crippen molar-refractivity contribution < 1.29 is 32.2 Å². The maximum absolute atomic E-state index is 13.7. The van der Waals surface area contributed by atoms with Crippen molar-refractivity contribution in [3.63, 3.8) is 0 Å². The van der Waals surface area contributed by atoms with Gasteiger partial charge in [-0.2, -0.15) is 4.31 Å². The summed E-state index contributed by atoms with van der Waals surface area (Å²) in [6.07, 6.45) is 0.866. The SMILES string of the molecule is CC(C)CN([C@H](CO)CCCCNC(=O)[C@H](Cc1ccc2ccccc2c1)NC(=O)OC(C)(C)C)S(=O)(=O)c1ccc(F)c(N)c1. The van der Waals surface area contributed by atoms with Gasteiger partial charge in [0.25, 0.3) is 0 Å². The van der Waals surface area contributed by atoms with Gasteiger partial charge in [0.05, 0.1) is 17.2 Å². The average molecular weight is 659 g/mol. The van der Waals surface area contributed by atoms with Crippen molar-refractivity contribution >= 4 is 38.5 Å². The van der Waals surface area contributed by atoms with Gasteiger partial charge in [0.15, 0.2) is 0 Å². The van der Waals surface area contributed by atoms with Gasteiger partial charge in [0.2, 0.25) is 15.9 Å². The van der Waals surface area contributed by atoms with Crippen LogP contribution in [0.4, 0.5) is 14.9 Å². The third-order valence-corrected chi connectivity index (χ3v) is 9.18. The van der Waals surface area contributed by atoms with E-state index in [1.54, 1.807) is 20.8 Å². The molecule has 0 aliphatic carbocycles. The number of fused-ring (bicyclic) bond motifs is 1. The number of sulfonamides is 1. The Morgan fingerprint density at radius 1 is 1.02 bits per heavy atom. The Kier molecular flexibility index (Phi) is 12.9. The number of nitrogens with one attached hydrogen (secondary N) is 2. The van der Waals surface area contributed by atoms with Crippen molar-refractivity contribution in [1.82, 2.24) is 14.9 Å². The van der Waals surface area contributed by atoms with Gasteiger partial charge in [0.1, 0.15) is 17.5 Å². The van der Waals surface area contributed by atoms with Crippen LogP contribution < -0.4 is 16.4 Å². The van der Waals surface area contributed by atoms with Gasteiger partial charge in [0, 0.05) is 25.6 Å². The van der Waals surface area contributed by atoms with E-state index in [2.05, 4.69) is 10.6 Å². The standard InChI is InChI=1S/C34H47FN4O6S/c1-23(2)21-39(46(43,44)28-15-16-29(35)30(36)20-28)27(22-40)12-8-9-17-37-32(41)31(38-33(42)45-34(3,4)5)19-24-13-14-25-10-6-7-11-26(25)18-24/h6-7,10-11,13-16,18,20,23,27,31,40H,8-9,12,17,19,21-22,36H2,1-5H3,(H,37,41)(H,38,42)/t27-,31-/m0/s1. The second kappa shape index (κ2) is 16.2. The Bertz CT molecular complexity index is 1590. The molecule has 0 aromatic heterocycles. The van der Waals surface area contributed by atoms with Gasteiger partial charge in [-0.05, 0) is 74.1 Å². The number of ether oxygens (including phenoxy) is 1. The zero-order valence-corrected chi connectivity index (χ0v) is 28.1. The number of aliphatic hydroxyl groups is 1. The van der Waals surface area contributed by atoms with Crippen LogP contribution in [-0.4, -0.2) is 67.2 Å². The van der Waals surface area contributed by atoms with E-state index in [4.69, 9.17) is 10.5 Å². The number of halogens is 1. The topological polar surface area (TPSA) is 151 Å². The van der Waals surface area contributed by atoms with E-state index in [-0.39, 0.29) is 41.9 Å². The van der Waals surface area contributed by atoms with Crippen LogP contribution in [0.15, 0.2) is 65.6 Å². The van der Waals surface area contributed by atoms with E-state index in [0.717, 1.165) is 34.5 Å². The third kappa shape index (κ3) is 10.7. The first-order valence-corrected chi connectivity index (χ1v) is 17.0. The predicted octanol–water partition coefficient (Wildman–Crippen LogP) is 4.99. The number of alkyl carbamates (subject to hydrolysis) is 1. The number of carbonyl (C=O) groups is 2. The van der Waals surface area contributed by atoms with Gasteiger partial charge in [-0.25, -0.2) is 17.6 Å². The number of hydrogen-bond acceptors (Lipinski definition) is 7. The number of hydrogen-bond donors (Lipinski definition) is 4. The molecule has 0 aliphatic heterocycles. The lowest BCUT2D eigenvalue weighted by atomic mass is 10.0. The number of anilines is 1. The zero-order valence-electron chi connectivity index (χ0n) is 27.3. The molecule has 0 fully saturated rings. The molecule has 10 nitrogen and oxygen atoms in total. The lowest BCUT2D eigenvalue weighted by Gasteiger charge is -2.31. The van der Waals surface area contributed by atoms with Crippen LogP contribution in [0.3, 0.4) is 0 Å². The molecule has 0 bridgehead atoms. The van der Waals surface area contributed by atoms with Crippen LogP contribution >= 0.6 is 0 Å². The number of amides is 2. The molecule has 0 saturated carbocycles. The Balaban J connectivity index is 1.65. The first-order chi connectivity index (χ1) is 21.6. The summed E-state index contributed by atoms with van der Waals surface area (Å²) < 4.78 is 47.4. The number of nitrogens with two attached hydrogens (primary N) is 1. The molecule has 5 N–H and O–H groups in total. The summed E-state index contributed by atoms with van der Waals surface area (Å²) in [5.41, 5.74) is 5.49. The zero-order chi connectivity index (χ0) is 34.1. The maximum atomic E-state index is 13.7. The Hall–Kier alpha value is -3.74. The lowest BCUT2D eigenvalue weighted by Crippen LogP contribution is -2.49. The number of benzene rings is 3. The summed E-state index contributed by atoms with van der Waals surface area (Å²) in [5, 5.41) is 17.9. The molecule has 0 heterocycles. The van der Waals surface area contributed by atoms with Crippen molar-refractivity contribution in [1.29, 1.82) is 0 Å². The minimum absolute atomic E-state index is 0.0436. The van der Waals surface area contributed by atoms with Crippen LogP contribution in [0, 0.1) is 11.7 Å². The average Bonchev–Trinajstić information content (AvgIpc) is 2.97. The molecule has 3 rings (SSSR count). The molecule has 3 aromatic rings. The van der Waals surface area contributed by atoms with Gasteiger partial charge < -0.3 is 26.2 Å². The monoisotopic (exact) mass is 658 g/mol. The molecule has 0 radical (unpaired) electrons. The minimum atomic E-state index is -4.08. The fourth-order valence-electron chi connectivity index (χ4n) is 5.05. The summed E-state index contributed by atoms with van der Waals surface area (Å²) in [6, 6.07) is 15.4. The van der Waals surface area contributed by atoms with E-state index in [1.807, 2.05) is 56.3 Å². The highest BCUT2D eigenvalue weighted by Gasteiger charge is 2.32. The fraction of sp³-hybridized carbons (Fsp3) is 0.471. The molecular weight excluding hydrogens is 611 g/mol. The van der Waals surface area contributed by atoms with Crippen LogP contribution in [0.5, 0.6) is 0 Å². The second-order valence-corrected chi connectivity index (χ2v) is 14.8. The summed E-state index contributed by atoms with van der Waals surface area (Å²) in [6.45, 7) is 8.97. The van der Waals surface area contributed by atoms with Crippen LogP contribution in [0.25, 0.3) is 10.8 Å². The van der Waals surface area contributed by atoms with E-state index < -0.39 is 46.2 Å². The summed E-state index contributed by atoms with van der Waals surface area (Å²) in [5.74, 6) is -1.13. The van der Waals surface area contributed by atoms with E-state index in [0.29, 0.717) is 19.3 Å². The highest BCUT2D eigenvalue weighted by Crippen LogP contribution is 2.25. The first-order valence-electron chi connectivity index (χ1n) is 15.5. The Morgan fingerprint density at radius 3 is 2.35 bits per heavy atom. The quantitative estimate of drug-likeness (QED) is 0.133. The molecule has 12 heteroatoms. The number of nitrogens with zero attached hydrogens (tertiary/aromatic N) is 1. The molecule has 2 atom stereocenters. The largest absolute Gasteiger partial charge is 0.444 e. The molecule has 3 aromatic carbocycles. The van der Waals surface area contributed by atoms with Crippen LogP contribution in [0.1, 0.15) is 59.4 Å². The van der Waals surface area contributed by atoms with E-state index >= 15 is 0 Å². The molecule has 252 valence electrons. The number of aliphatic hydroxyl groups excluding tert-OH is 1. The first kappa shape index (κ1) is 36.7. The molecule has 0 saturated heterocycles. The number of carbonyl (C=O) groups excluding carboxylic acids is 2. The van der Waals surface area contributed by atoms with Crippen molar-refractivity contribution in [2.45, 2.75) is 82.9 Å². The van der Waals surface area contributed by atoms with Crippen molar-refractivity contribution in [2.24, 2.45) is 5.92 Å². The van der Waals surface area contributed by atoms with Gasteiger partial charge in [-0.15, -0.1) is 0 Å². The van der Waals surface area contributed by atoms with Crippen LogP contribution in [-0.2, 0) is 26.0 Å². The van der Waals surface area contributed by atoms with Crippen molar-refractivity contribution in [3.05, 3.63) is 72.0 Å². The highest BCUT2D eigenvalue weighted by molar-refractivity contribution is 7.89. The Labute approximate surface area is 271 Å². The summed E-state index contributed by atoms with van der Waals surface area (Å²) in [7, 11) is -4.08. The van der Waals surface area contributed by atoms with Gasteiger partial charge >= 0.3 is 6.09 Å². The number of nitrogen functional groups attached to an aromatic ring is 1. The smallest absolute Gasteiger partial charge is 0.408 e. The second-order valence-electron chi connectivity index (χ2n) is 12.9. The Morgan fingerprint density at radius 2 is 1.72 bits per heavy atom. The van der Waals surface area contributed by atoms with E-state index in [1.165, 1.54) is 4.31 Å². The molecule has 2 amide bonds. The molecule has 46 heavy (non-hydrogen) atoms. The predicted molar refractivity (Wildman–Crippen MR) is 178 cm³/mol. The molecular formula is C34H47FN4O6S. The van der Waals surface area contributed by atoms with Crippen molar-refractivity contribution in [3.8, 4) is 0 Å². The third-order valence-electron chi connectivity index (χ3n) is 7.26. The number of unbranched alkanes of at least 4 members (excludes halogenated alkanes) is 1. The normalized spacial score (nSPS) is 13.5. The lowest BCUT2D eigenvalue weighted by molar-refractivity contribution is -0.123. The fourth-order valence-corrected chi connectivity index (χ4v) is 6.89. The van der Waals surface area contributed by atoms with Gasteiger partial charge in [-0.3, -0.25) is 4.79 Å². The summed E-state index contributed by atoms with van der Waals surface area (Å²) >= 11 is 0. The van der Waals surface area contributed by atoms with Crippen molar-refractivity contribution in [2.75, 3.05) is 25.4 Å².